The minimum Gasteiger partial charge on any atom is -0.317 e. The second-order valence-electron chi connectivity index (χ2n) is 5.83. The minimum absolute atomic E-state index is 0.748. The van der Waals surface area contributed by atoms with E-state index in [0.29, 0.717) is 0 Å². The smallest absolute Gasteiger partial charge is 0.00206 e. The Labute approximate surface area is 110 Å². The third-order valence-electron chi connectivity index (χ3n) is 4.49. The first kappa shape index (κ1) is 12.2. The Bertz CT molecular complexity index is 359. The normalized spacial score (nSPS) is 25.4. The molecule has 0 spiro atoms. The molecule has 0 aliphatic carbocycles. The predicted octanol–water partition coefficient (Wildman–Crippen LogP) is 2.31. The summed E-state index contributed by atoms with van der Waals surface area (Å²) in [5.74, 6) is 1.64. The number of piperidine rings is 1. The highest BCUT2D eigenvalue weighted by atomic mass is 14.9. The molecule has 2 heterocycles. The van der Waals surface area contributed by atoms with E-state index in [0.717, 1.165) is 18.4 Å². The molecule has 1 aromatic rings. The van der Waals surface area contributed by atoms with Crippen LogP contribution in [0.3, 0.4) is 0 Å². The van der Waals surface area contributed by atoms with Crippen LogP contribution in [0.4, 0.5) is 0 Å². The molecule has 1 atom stereocenters. The van der Waals surface area contributed by atoms with Crippen LogP contribution in [0.1, 0.15) is 36.3 Å². The van der Waals surface area contributed by atoms with Gasteiger partial charge in [0.1, 0.15) is 0 Å². The molecule has 1 unspecified atom stereocenters. The Kier molecular flexibility index (Phi) is 3.96. The monoisotopic (exact) mass is 244 g/mol. The molecule has 2 N–H and O–H groups in total. The molecule has 0 amide bonds. The van der Waals surface area contributed by atoms with E-state index in [1.54, 1.807) is 0 Å². The highest BCUT2D eigenvalue weighted by molar-refractivity contribution is 5.26. The number of rotatable bonds is 3. The van der Waals surface area contributed by atoms with Gasteiger partial charge in [-0.25, -0.2) is 0 Å². The third kappa shape index (κ3) is 2.93. The fraction of sp³-hybridized carbons (Fsp3) is 0.625. The molecule has 3 rings (SSSR count). The Balaban J connectivity index is 1.59. The van der Waals surface area contributed by atoms with Crippen LogP contribution >= 0.6 is 0 Å². The van der Waals surface area contributed by atoms with Crippen molar-refractivity contribution in [1.29, 1.82) is 0 Å². The van der Waals surface area contributed by atoms with E-state index in [9.17, 15) is 0 Å². The summed E-state index contributed by atoms with van der Waals surface area (Å²) in [7, 11) is 0. The molecular formula is C16H24N2. The largest absolute Gasteiger partial charge is 0.317 e. The van der Waals surface area contributed by atoms with E-state index < -0.39 is 0 Å². The second kappa shape index (κ2) is 5.85. The maximum atomic E-state index is 3.44. The van der Waals surface area contributed by atoms with Crippen LogP contribution in [0.15, 0.2) is 24.3 Å². The SMILES string of the molecule is c1cc(C2CCNC2)ccc1CC1CCNCC1. The quantitative estimate of drug-likeness (QED) is 0.852. The highest BCUT2D eigenvalue weighted by Gasteiger charge is 2.17. The van der Waals surface area contributed by atoms with E-state index in [1.807, 2.05) is 0 Å². The molecule has 2 aliphatic heterocycles. The van der Waals surface area contributed by atoms with Crippen LogP contribution in [0.5, 0.6) is 0 Å². The first-order valence-corrected chi connectivity index (χ1v) is 7.42. The molecular weight excluding hydrogens is 220 g/mol. The number of hydrogen-bond acceptors (Lipinski definition) is 2. The van der Waals surface area contributed by atoms with Crippen molar-refractivity contribution in [1.82, 2.24) is 10.6 Å². The van der Waals surface area contributed by atoms with Gasteiger partial charge in [0, 0.05) is 6.54 Å². The molecule has 1 aromatic carbocycles. The maximum Gasteiger partial charge on any atom is 0.00206 e. The summed E-state index contributed by atoms with van der Waals surface area (Å²) >= 11 is 0. The van der Waals surface area contributed by atoms with Crippen LogP contribution in [-0.2, 0) is 6.42 Å². The van der Waals surface area contributed by atoms with E-state index >= 15 is 0 Å². The fourth-order valence-corrected chi connectivity index (χ4v) is 3.28. The average Bonchev–Trinajstić information content (AvgIpc) is 2.95. The van der Waals surface area contributed by atoms with Gasteiger partial charge in [0.15, 0.2) is 0 Å². The molecule has 18 heavy (non-hydrogen) atoms. The molecule has 0 aromatic heterocycles. The van der Waals surface area contributed by atoms with Crippen molar-refractivity contribution < 1.29 is 0 Å². The molecule has 0 radical (unpaired) electrons. The molecule has 2 saturated heterocycles. The van der Waals surface area contributed by atoms with Crippen LogP contribution in [0.2, 0.25) is 0 Å². The Hall–Kier alpha value is -0.860. The molecule has 0 saturated carbocycles. The van der Waals surface area contributed by atoms with E-state index in [4.69, 9.17) is 0 Å². The first-order valence-electron chi connectivity index (χ1n) is 7.42. The lowest BCUT2D eigenvalue weighted by Gasteiger charge is -2.22. The van der Waals surface area contributed by atoms with Crippen molar-refractivity contribution in [3.8, 4) is 0 Å². The summed E-state index contributed by atoms with van der Waals surface area (Å²) < 4.78 is 0. The summed E-state index contributed by atoms with van der Waals surface area (Å²) in [4.78, 5) is 0. The summed E-state index contributed by atoms with van der Waals surface area (Å²) in [5.41, 5.74) is 3.05. The third-order valence-corrected chi connectivity index (χ3v) is 4.49. The second-order valence-corrected chi connectivity index (χ2v) is 5.83. The number of nitrogens with one attached hydrogen (secondary N) is 2. The van der Waals surface area contributed by atoms with Gasteiger partial charge in [0.25, 0.3) is 0 Å². The van der Waals surface area contributed by atoms with E-state index in [1.165, 1.54) is 56.4 Å². The van der Waals surface area contributed by atoms with Gasteiger partial charge in [-0.05, 0) is 68.3 Å². The van der Waals surface area contributed by atoms with E-state index in [-0.39, 0.29) is 0 Å². The zero-order chi connectivity index (χ0) is 12.2. The van der Waals surface area contributed by atoms with Crippen molar-refractivity contribution in [3.05, 3.63) is 35.4 Å². The van der Waals surface area contributed by atoms with Crippen molar-refractivity contribution in [2.24, 2.45) is 5.92 Å². The van der Waals surface area contributed by atoms with Gasteiger partial charge in [0.2, 0.25) is 0 Å². The predicted molar refractivity (Wildman–Crippen MR) is 76.0 cm³/mol. The van der Waals surface area contributed by atoms with Crippen LogP contribution in [0, 0.1) is 5.92 Å². The van der Waals surface area contributed by atoms with Crippen LogP contribution < -0.4 is 10.6 Å². The first-order chi connectivity index (χ1) is 8.92. The highest BCUT2D eigenvalue weighted by Crippen LogP contribution is 2.24. The summed E-state index contributed by atoms with van der Waals surface area (Å²) in [5, 5.41) is 6.88. The Morgan fingerprint density at radius 3 is 2.28 bits per heavy atom. The topological polar surface area (TPSA) is 24.1 Å². The van der Waals surface area contributed by atoms with Gasteiger partial charge in [-0.15, -0.1) is 0 Å². The Morgan fingerprint density at radius 1 is 0.889 bits per heavy atom. The maximum absolute atomic E-state index is 3.44. The fourth-order valence-electron chi connectivity index (χ4n) is 3.28. The van der Waals surface area contributed by atoms with Gasteiger partial charge >= 0.3 is 0 Å². The van der Waals surface area contributed by atoms with Crippen LogP contribution in [0.25, 0.3) is 0 Å². The van der Waals surface area contributed by atoms with Gasteiger partial charge in [-0.3, -0.25) is 0 Å². The van der Waals surface area contributed by atoms with Crippen molar-refractivity contribution in [3.63, 3.8) is 0 Å². The van der Waals surface area contributed by atoms with Crippen molar-refractivity contribution in [2.45, 2.75) is 31.6 Å². The summed E-state index contributed by atoms with van der Waals surface area (Å²) in [6, 6.07) is 9.42. The minimum atomic E-state index is 0.748. The lowest BCUT2D eigenvalue weighted by molar-refractivity contribution is 0.372. The molecule has 2 nitrogen and oxygen atoms in total. The Morgan fingerprint density at radius 2 is 1.61 bits per heavy atom. The molecule has 98 valence electrons. The van der Waals surface area contributed by atoms with Crippen LogP contribution in [-0.4, -0.2) is 26.2 Å². The lowest BCUT2D eigenvalue weighted by atomic mass is 9.89. The standard InChI is InChI=1S/C16H24N2/c1-3-15(16-7-10-18-12-16)4-2-13(1)11-14-5-8-17-9-6-14/h1-4,14,16-18H,5-12H2. The number of benzene rings is 1. The van der Waals surface area contributed by atoms with Crippen molar-refractivity contribution >= 4 is 0 Å². The average molecular weight is 244 g/mol. The summed E-state index contributed by atoms with van der Waals surface area (Å²) in [6.45, 7) is 4.75. The zero-order valence-corrected chi connectivity index (χ0v) is 11.1. The number of hydrogen-bond donors (Lipinski definition) is 2. The zero-order valence-electron chi connectivity index (χ0n) is 11.1. The van der Waals surface area contributed by atoms with Crippen molar-refractivity contribution in [2.75, 3.05) is 26.2 Å². The molecule has 2 fully saturated rings. The van der Waals surface area contributed by atoms with Gasteiger partial charge in [0.05, 0.1) is 0 Å². The van der Waals surface area contributed by atoms with Gasteiger partial charge < -0.3 is 10.6 Å². The molecule has 2 aliphatic rings. The van der Waals surface area contributed by atoms with E-state index in [2.05, 4.69) is 34.9 Å². The van der Waals surface area contributed by atoms with Gasteiger partial charge in [-0.2, -0.15) is 0 Å². The van der Waals surface area contributed by atoms with Gasteiger partial charge in [-0.1, -0.05) is 24.3 Å². The lowest BCUT2D eigenvalue weighted by Crippen LogP contribution is -2.28. The molecule has 0 bridgehead atoms. The molecule has 2 heteroatoms. The summed E-state index contributed by atoms with van der Waals surface area (Å²) in [6.07, 6.45) is 5.25.